The van der Waals surface area contributed by atoms with Crippen LogP contribution in [-0.2, 0) is 32.0 Å². The maximum atomic E-state index is 13.1. The van der Waals surface area contributed by atoms with Gasteiger partial charge in [-0.05, 0) is 24.3 Å². The van der Waals surface area contributed by atoms with E-state index in [1.807, 2.05) is 24.4 Å². The molecule has 0 spiro atoms. The second kappa shape index (κ2) is 14.2. The third-order valence-corrected chi connectivity index (χ3v) is 5.46. The fourth-order valence-electron chi connectivity index (χ4n) is 3.54. The molecule has 0 aliphatic rings. The van der Waals surface area contributed by atoms with Crippen LogP contribution in [0.4, 0.5) is 5.69 Å². The van der Waals surface area contributed by atoms with E-state index in [2.05, 4.69) is 20.5 Å². The molecule has 0 atom stereocenters. The second-order valence-electron chi connectivity index (χ2n) is 8.19. The Hall–Kier alpha value is -3.84. The van der Waals surface area contributed by atoms with Gasteiger partial charge in [0.2, 0.25) is 0 Å². The Morgan fingerprint density at radius 1 is 0.921 bits per heavy atom. The van der Waals surface area contributed by atoms with E-state index in [0.29, 0.717) is 75.6 Å². The number of methoxy groups -OCH3 is 2. The summed E-state index contributed by atoms with van der Waals surface area (Å²) in [6.07, 6.45) is 6.97. The maximum Gasteiger partial charge on any atom is 0.291 e. The number of ether oxygens (including phenoxy) is 4. The van der Waals surface area contributed by atoms with Crippen molar-refractivity contribution in [3.8, 4) is 22.7 Å². The summed E-state index contributed by atoms with van der Waals surface area (Å²) >= 11 is 0. The fraction of sp³-hybridized carbons (Fsp3) is 0.385. The summed E-state index contributed by atoms with van der Waals surface area (Å²) in [5.41, 5.74) is 2.47. The number of anilines is 1. The average molecular weight is 525 g/mol. The summed E-state index contributed by atoms with van der Waals surface area (Å²) in [4.78, 5) is 17.5. The topological polar surface area (TPSA) is 128 Å². The number of rotatable bonds is 16. The predicted octanol–water partition coefficient (Wildman–Crippen LogP) is 2.98. The Labute approximate surface area is 220 Å². The van der Waals surface area contributed by atoms with Crippen LogP contribution in [0.3, 0.4) is 0 Å². The molecule has 0 bridgehead atoms. The van der Waals surface area contributed by atoms with Gasteiger partial charge in [-0.2, -0.15) is 10.2 Å². The maximum absolute atomic E-state index is 13.1. The SMILES string of the molecule is COCCOCCn1cc(-c2ccc(C(=O)Nc3cn(CCOCCOC)nc3-c3ccccn3)o2)cn1. The van der Waals surface area contributed by atoms with Gasteiger partial charge in [0, 0.05) is 32.8 Å². The summed E-state index contributed by atoms with van der Waals surface area (Å²) in [6.45, 7) is 4.17. The summed E-state index contributed by atoms with van der Waals surface area (Å²) in [6, 6.07) is 8.90. The van der Waals surface area contributed by atoms with Crippen LogP contribution in [0, 0.1) is 0 Å². The molecule has 4 aromatic rings. The fourth-order valence-corrected chi connectivity index (χ4v) is 3.54. The first-order valence-electron chi connectivity index (χ1n) is 12.2. The summed E-state index contributed by atoms with van der Waals surface area (Å²) in [7, 11) is 3.26. The monoisotopic (exact) mass is 524 g/mol. The third kappa shape index (κ3) is 7.59. The van der Waals surface area contributed by atoms with Crippen LogP contribution in [0.2, 0.25) is 0 Å². The molecule has 0 aliphatic carbocycles. The van der Waals surface area contributed by atoms with Gasteiger partial charge in [0.15, 0.2) is 5.76 Å². The number of carbonyl (C=O) groups excluding carboxylic acids is 1. The predicted molar refractivity (Wildman–Crippen MR) is 139 cm³/mol. The van der Waals surface area contributed by atoms with Crippen molar-refractivity contribution in [2.75, 3.05) is 59.2 Å². The molecule has 12 nitrogen and oxygen atoms in total. The normalized spacial score (nSPS) is 11.2. The molecular weight excluding hydrogens is 492 g/mol. The zero-order valence-electron chi connectivity index (χ0n) is 21.5. The van der Waals surface area contributed by atoms with Gasteiger partial charge in [-0.25, -0.2) is 0 Å². The Morgan fingerprint density at radius 2 is 1.68 bits per heavy atom. The van der Waals surface area contributed by atoms with Crippen molar-refractivity contribution in [1.29, 1.82) is 0 Å². The molecule has 1 amide bonds. The van der Waals surface area contributed by atoms with Gasteiger partial charge < -0.3 is 28.7 Å². The minimum Gasteiger partial charge on any atom is -0.451 e. The minimum absolute atomic E-state index is 0.165. The van der Waals surface area contributed by atoms with E-state index < -0.39 is 5.91 Å². The minimum atomic E-state index is -0.400. The molecule has 0 saturated heterocycles. The smallest absolute Gasteiger partial charge is 0.291 e. The lowest BCUT2D eigenvalue weighted by Crippen LogP contribution is -2.11. The van der Waals surface area contributed by atoms with E-state index in [-0.39, 0.29) is 5.76 Å². The lowest BCUT2D eigenvalue weighted by molar-refractivity contribution is 0.0654. The van der Waals surface area contributed by atoms with Gasteiger partial charge in [0.1, 0.15) is 11.5 Å². The first-order chi connectivity index (χ1) is 18.7. The van der Waals surface area contributed by atoms with Crippen molar-refractivity contribution in [2.24, 2.45) is 0 Å². The van der Waals surface area contributed by atoms with Gasteiger partial charge in [-0.3, -0.25) is 19.1 Å². The van der Waals surface area contributed by atoms with Crippen LogP contribution in [0.15, 0.2) is 59.5 Å². The van der Waals surface area contributed by atoms with E-state index >= 15 is 0 Å². The zero-order valence-corrected chi connectivity index (χ0v) is 21.5. The molecular formula is C26H32N6O6. The number of furan rings is 1. The summed E-state index contributed by atoms with van der Waals surface area (Å²) < 4.78 is 30.3. The highest BCUT2D eigenvalue weighted by atomic mass is 16.5. The van der Waals surface area contributed by atoms with Crippen LogP contribution >= 0.6 is 0 Å². The highest BCUT2D eigenvalue weighted by molar-refractivity contribution is 6.04. The van der Waals surface area contributed by atoms with E-state index in [1.54, 1.807) is 54.3 Å². The number of nitrogens with zero attached hydrogens (tertiary/aromatic N) is 5. The standard InChI is InChI=1S/C26H32N6O6/c1-34-13-15-36-11-9-31-18-20(17-28-31)23-6-7-24(38-23)26(33)29-22-19-32(10-12-37-16-14-35-2)30-25(22)21-5-3-4-8-27-21/h3-8,17-19H,9-16H2,1-2H3,(H,29,33). The molecule has 0 unspecified atom stereocenters. The third-order valence-electron chi connectivity index (χ3n) is 5.46. The number of amides is 1. The molecule has 0 fully saturated rings. The highest BCUT2D eigenvalue weighted by Gasteiger charge is 2.19. The van der Waals surface area contributed by atoms with Gasteiger partial charge >= 0.3 is 0 Å². The van der Waals surface area contributed by atoms with Crippen LogP contribution in [-0.4, -0.2) is 84.3 Å². The highest BCUT2D eigenvalue weighted by Crippen LogP contribution is 2.27. The van der Waals surface area contributed by atoms with Crippen molar-refractivity contribution in [1.82, 2.24) is 24.5 Å². The molecule has 4 rings (SSSR count). The number of pyridine rings is 1. The number of aromatic nitrogens is 5. The zero-order chi connectivity index (χ0) is 26.6. The van der Waals surface area contributed by atoms with Crippen molar-refractivity contribution in [2.45, 2.75) is 13.1 Å². The molecule has 0 aliphatic heterocycles. The molecule has 1 N–H and O–H groups in total. The van der Waals surface area contributed by atoms with Crippen molar-refractivity contribution in [3.05, 3.63) is 60.9 Å². The lowest BCUT2D eigenvalue weighted by atomic mass is 10.2. The van der Waals surface area contributed by atoms with Crippen LogP contribution in [0.1, 0.15) is 10.6 Å². The first-order valence-corrected chi connectivity index (χ1v) is 12.2. The first kappa shape index (κ1) is 27.2. The molecule has 202 valence electrons. The van der Waals surface area contributed by atoms with Gasteiger partial charge in [-0.1, -0.05) is 6.07 Å². The Kier molecular flexibility index (Phi) is 10.2. The molecule has 38 heavy (non-hydrogen) atoms. The van der Waals surface area contributed by atoms with Crippen molar-refractivity contribution >= 4 is 11.6 Å². The molecule has 0 aromatic carbocycles. The van der Waals surface area contributed by atoms with Crippen LogP contribution in [0.25, 0.3) is 22.7 Å². The molecule has 4 aromatic heterocycles. The van der Waals surface area contributed by atoms with E-state index in [4.69, 9.17) is 23.4 Å². The van der Waals surface area contributed by atoms with E-state index in [0.717, 1.165) is 5.56 Å². The summed E-state index contributed by atoms with van der Waals surface area (Å²) in [5.74, 6) is 0.303. The van der Waals surface area contributed by atoms with E-state index in [9.17, 15) is 4.79 Å². The van der Waals surface area contributed by atoms with Crippen molar-refractivity contribution in [3.63, 3.8) is 0 Å². The van der Waals surface area contributed by atoms with Crippen LogP contribution < -0.4 is 5.32 Å². The lowest BCUT2D eigenvalue weighted by Gasteiger charge is -2.03. The van der Waals surface area contributed by atoms with Gasteiger partial charge in [0.05, 0.1) is 75.9 Å². The summed E-state index contributed by atoms with van der Waals surface area (Å²) in [5, 5.41) is 11.8. The van der Waals surface area contributed by atoms with Crippen LogP contribution in [0.5, 0.6) is 0 Å². The quantitative estimate of drug-likeness (QED) is 0.220. The molecule has 0 radical (unpaired) electrons. The second-order valence-corrected chi connectivity index (χ2v) is 8.19. The number of hydrogen-bond donors (Lipinski definition) is 1. The Bertz CT molecular complexity index is 1270. The Balaban J connectivity index is 1.41. The van der Waals surface area contributed by atoms with Crippen molar-refractivity contribution < 1.29 is 28.2 Å². The molecule has 0 saturated carbocycles. The number of hydrogen-bond acceptors (Lipinski definition) is 9. The Morgan fingerprint density at radius 3 is 2.39 bits per heavy atom. The van der Waals surface area contributed by atoms with Gasteiger partial charge in [-0.15, -0.1) is 0 Å². The number of nitrogens with one attached hydrogen (secondary N) is 1. The largest absolute Gasteiger partial charge is 0.451 e. The molecule has 4 heterocycles. The number of carbonyl (C=O) groups is 1. The average Bonchev–Trinajstić information content (AvgIpc) is 3.69. The van der Waals surface area contributed by atoms with Gasteiger partial charge in [0.25, 0.3) is 5.91 Å². The van der Waals surface area contributed by atoms with E-state index in [1.165, 1.54) is 0 Å². The molecule has 12 heteroatoms.